The first-order chi connectivity index (χ1) is 9.58. The lowest BCUT2D eigenvalue weighted by atomic mass is 10.1. The summed E-state index contributed by atoms with van der Waals surface area (Å²) in [4.78, 5) is 25.9. The zero-order chi connectivity index (χ0) is 14.5. The van der Waals surface area contributed by atoms with Gasteiger partial charge in [-0.05, 0) is 19.4 Å². The van der Waals surface area contributed by atoms with E-state index in [-0.39, 0.29) is 22.4 Å². The molecule has 0 saturated carbocycles. The van der Waals surface area contributed by atoms with E-state index in [4.69, 9.17) is 11.6 Å². The van der Waals surface area contributed by atoms with Gasteiger partial charge in [-0.3, -0.25) is 14.9 Å². The van der Waals surface area contributed by atoms with Crippen LogP contribution < -0.4 is 10.6 Å². The first kappa shape index (κ1) is 14.7. The maximum absolute atomic E-state index is 12.1. The highest BCUT2D eigenvalue weighted by Crippen LogP contribution is 2.19. The first-order valence-corrected chi connectivity index (χ1v) is 6.77. The van der Waals surface area contributed by atoms with Gasteiger partial charge in [0.25, 0.3) is 11.6 Å². The molecule has 1 aromatic rings. The Morgan fingerprint density at radius 1 is 1.55 bits per heavy atom. The Labute approximate surface area is 120 Å². The molecule has 20 heavy (non-hydrogen) atoms. The van der Waals surface area contributed by atoms with Gasteiger partial charge in [-0.1, -0.05) is 18.0 Å². The SMILES string of the molecule is O=C(NC1CCCCNC1)c1cc([N+](=O)[O-])cnc1Cl. The van der Waals surface area contributed by atoms with Gasteiger partial charge in [0.1, 0.15) is 11.3 Å². The van der Waals surface area contributed by atoms with Crippen LogP contribution in [-0.4, -0.2) is 34.9 Å². The molecular weight excluding hydrogens is 284 g/mol. The van der Waals surface area contributed by atoms with Gasteiger partial charge in [0.05, 0.1) is 10.5 Å². The number of carbonyl (C=O) groups excluding carboxylic acids is 1. The highest BCUT2D eigenvalue weighted by Gasteiger charge is 2.20. The van der Waals surface area contributed by atoms with Crippen molar-refractivity contribution in [2.24, 2.45) is 0 Å². The molecule has 2 rings (SSSR count). The van der Waals surface area contributed by atoms with Crippen LogP contribution in [0, 0.1) is 10.1 Å². The predicted molar refractivity (Wildman–Crippen MR) is 73.9 cm³/mol. The predicted octanol–water partition coefficient (Wildman–Crippen LogP) is 1.52. The average Bonchev–Trinajstić information content (AvgIpc) is 2.67. The van der Waals surface area contributed by atoms with Crippen LogP contribution in [0.25, 0.3) is 0 Å². The summed E-state index contributed by atoms with van der Waals surface area (Å²) in [5, 5.41) is 16.7. The molecule has 1 atom stereocenters. The van der Waals surface area contributed by atoms with Crippen molar-refractivity contribution in [2.75, 3.05) is 13.1 Å². The summed E-state index contributed by atoms with van der Waals surface area (Å²) in [6.45, 7) is 1.62. The van der Waals surface area contributed by atoms with Crippen LogP contribution in [0.4, 0.5) is 5.69 Å². The second kappa shape index (κ2) is 6.62. The normalized spacial score (nSPS) is 19.1. The number of aromatic nitrogens is 1. The monoisotopic (exact) mass is 298 g/mol. The number of nitrogens with zero attached hydrogens (tertiary/aromatic N) is 2. The molecule has 0 radical (unpaired) electrons. The molecule has 0 aliphatic carbocycles. The van der Waals surface area contributed by atoms with E-state index in [1.54, 1.807) is 0 Å². The molecule has 1 fully saturated rings. The van der Waals surface area contributed by atoms with Gasteiger partial charge in [0, 0.05) is 18.7 Å². The first-order valence-electron chi connectivity index (χ1n) is 6.39. The van der Waals surface area contributed by atoms with Gasteiger partial charge >= 0.3 is 0 Å². The number of pyridine rings is 1. The van der Waals surface area contributed by atoms with E-state index in [1.165, 1.54) is 0 Å². The number of rotatable bonds is 3. The molecule has 0 aromatic carbocycles. The third kappa shape index (κ3) is 3.64. The van der Waals surface area contributed by atoms with Crippen molar-refractivity contribution in [2.45, 2.75) is 25.3 Å². The second-order valence-corrected chi connectivity index (χ2v) is 5.02. The van der Waals surface area contributed by atoms with Crippen molar-refractivity contribution < 1.29 is 9.72 Å². The molecule has 2 N–H and O–H groups in total. The van der Waals surface area contributed by atoms with Crippen LogP contribution in [0.1, 0.15) is 29.6 Å². The highest BCUT2D eigenvalue weighted by atomic mass is 35.5. The number of nitrogens with one attached hydrogen (secondary N) is 2. The summed E-state index contributed by atoms with van der Waals surface area (Å²) in [6.07, 6.45) is 4.01. The topological polar surface area (TPSA) is 97.2 Å². The van der Waals surface area contributed by atoms with Crippen LogP contribution >= 0.6 is 11.6 Å². The van der Waals surface area contributed by atoms with Crippen LogP contribution in [0.2, 0.25) is 5.15 Å². The summed E-state index contributed by atoms with van der Waals surface area (Å²) in [6, 6.07) is 1.15. The number of hydrogen-bond acceptors (Lipinski definition) is 5. The summed E-state index contributed by atoms with van der Waals surface area (Å²) >= 11 is 5.84. The molecule has 1 aliphatic rings. The molecule has 108 valence electrons. The standard InChI is InChI=1S/C12H15ClN4O3/c13-11-10(5-9(7-15-11)17(19)20)12(18)16-8-3-1-2-4-14-6-8/h5,7-8,14H,1-4,6H2,(H,16,18). The highest BCUT2D eigenvalue weighted by molar-refractivity contribution is 6.32. The van der Waals surface area contributed by atoms with Crippen molar-refractivity contribution in [1.82, 2.24) is 15.6 Å². The second-order valence-electron chi connectivity index (χ2n) is 4.66. The number of carbonyl (C=O) groups is 1. The largest absolute Gasteiger partial charge is 0.348 e. The molecule has 7 nitrogen and oxygen atoms in total. The fourth-order valence-corrected chi connectivity index (χ4v) is 2.29. The fourth-order valence-electron chi connectivity index (χ4n) is 2.10. The van der Waals surface area contributed by atoms with Gasteiger partial charge in [0.2, 0.25) is 0 Å². The van der Waals surface area contributed by atoms with Crippen LogP contribution in [0.3, 0.4) is 0 Å². The maximum atomic E-state index is 12.1. The Kier molecular flexibility index (Phi) is 4.86. The molecule has 1 aliphatic heterocycles. The lowest BCUT2D eigenvalue weighted by Crippen LogP contribution is -2.41. The van der Waals surface area contributed by atoms with E-state index in [1.807, 2.05) is 0 Å². The Balaban J connectivity index is 2.11. The summed E-state index contributed by atoms with van der Waals surface area (Å²) < 4.78 is 0. The van der Waals surface area contributed by atoms with E-state index in [2.05, 4.69) is 15.6 Å². The van der Waals surface area contributed by atoms with Crippen molar-refractivity contribution in [3.8, 4) is 0 Å². The van der Waals surface area contributed by atoms with Gasteiger partial charge < -0.3 is 10.6 Å². The molecule has 0 bridgehead atoms. The number of halogens is 1. The molecule has 0 spiro atoms. The molecule has 2 heterocycles. The maximum Gasteiger partial charge on any atom is 0.288 e. The van der Waals surface area contributed by atoms with E-state index in [0.29, 0.717) is 6.54 Å². The third-order valence-electron chi connectivity index (χ3n) is 3.16. The van der Waals surface area contributed by atoms with Crippen LogP contribution in [0.15, 0.2) is 12.3 Å². The lowest BCUT2D eigenvalue weighted by Gasteiger charge is -2.16. The zero-order valence-electron chi connectivity index (χ0n) is 10.8. The van der Waals surface area contributed by atoms with Crippen molar-refractivity contribution in [3.63, 3.8) is 0 Å². The Morgan fingerprint density at radius 3 is 3.10 bits per heavy atom. The summed E-state index contributed by atoms with van der Waals surface area (Å²) in [5.41, 5.74) is -0.219. The number of nitro groups is 1. The fraction of sp³-hybridized carbons (Fsp3) is 0.500. The third-order valence-corrected chi connectivity index (χ3v) is 3.46. The van der Waals surface area contributed by atoms with E-state index < -0.39 is 10.8 Å². The van der Waals surface area contributed by atoms with E-state index >= 15 is 0 Å². The molecule has 8 heteroatoms. The smallest absolute Gasteiger partial charge is 0.288 e. The minimum Gasteiger partial charge on any atom is -0.348 e. The number of amides is 1. The Bertz CT molecular complexity index is 515. The zero-order valence-corrected chi connectivity index (χ0v) is 11.5. The molecule has 1 aromatic heterocycles. The Hall–Kier alpha value is -1.73. The van der Waals surface area contributed by atoms with Crippen molar-refractivity contribution in [3.05, 3.63) is 33.1 Å². The van der Waals surface area contributed by atoms with Crippen LogP contribution in [0.5, 0.6) is 0 Å². The quantitative estimate of drug-likeness (QED) is 0.501. The minimum absolute atomic E-state index is 0.000305. The van der Waals surface area contributed by atoms with Gasteiger partial charge in [-0.2, -0.15) is 0 Å². The van der Waals surface area contributed by atoms with Crippen molar-refractivity contribution in [1.29, 1.82) is 0 Å². The van der Waals surface area contributed by atoms with E-state index in [9.17, 15) is 14.9 Å². The minimum atomic E-state index is -0.604. The molecule has 1 amide bonds. The molecule has 1 unspecified atom stereocenters. The van der Waals surface area contributed by atoms with Crippen LogP contribution in [-0.2, 0) is 0 Å². The van der Waals surface area contributed by atoms with Gasteiger partial charge in [0.15, 0.2) is 0 Å². The Morgan fingerprint density at radius 2 is 2.35 bits per heavy atom. The lowest BCUT2D eigenvalue weighted by molar-refractivity contribution is -0.385. The number of hydrogen-bond donors (Lipinski definition) is 2. The van der Waals surface area contributed by atoms with Gasteiger partial charge in [-0.25, -0.2) is 4.98 Å². The average molecular weight is 299 g/mol. The summed E-state index contributed by atoms with van der Waals surface area (Å²) in [7, 11) is 0. The molecule has 1 saturated heterocycles. The molecular formula is C12H15ClN4O3. The van der Waals surface area contributed by atoms with Gasteiger partial charge in [-0.15, -0.1) is 0 Å². The van der Waals surface area contributed by atoms with Crippen molar-refractivity contribution >= 4 is 23.2 Å². The van der Waals surface area contributed by atoms with E-state index in [0.717, 1.165) is 38.1 Å². The summed E-state index contributed by atoms with van der Waals surface area (Å²) in [5.74, 6) is -0.431.